The van der Waals surface area contributed by atoms with E-state index < -0.39 is 51.4 Å². The van der Waals surface area contributed by atoms with Crippen molar-refractivity contribution >= 4 is 57.9 Å². The number of hydrogen-bond acceptors (Lipinski definition) is 6. The molecular formula is C24H23IN2O6S. The van der Waals surface area contributed by atoms with Gasteiger partial charge in [-0.3, -0.25) is 14.4 Å². The lowest BCUT2D eigenvalue weighted by molar-refractivity contribution is -0.172. The maximum absolute atomic E-state index is 13.6. The highest BCUT2D eigenvalue weighted by Gasteiger charge is 2.74. The van der Waals surface area contributed by atoms with E-state index in [1.54, 1.807) is 56.3 Å². The number of β-lactam (4-membered cyclic amide) rings is 1. The molecule has 4 rings (SSSR count). The molecule has 2 aliphatic heterocycles. The molecule has 2 fully saturated rings. The second-order valence-electron chi connectivity index (χ2n) is 8.72. The number of benzene rings is 2. The van der Waals surface area contributed by atoms with Crippen LogP contribution in [0.5, 0.6) is 5.75 Å². The molecule has 0 bridgehead atoms. The summed E-state index contributed by atoms with van der Waals surface area (Å²) in [4.78, 5) is 52.8. The molecule has 2 aliphatic rings. The van der Waals surface area contributed by atoms with Crippen LogP contribution in [-0.4, -0.2) is 55.3 Å². The van der Waals surface area contributed by atoms with Gasteiger partial charge in [0.05, 0.1) is 3.57 Å². The van der Waals surface area contributed by atoms with E-state index in [1.165, 1.54) is 23.6 Å². The third-order valence-corrected chi connectivity index (χ3v) is 8.60. The summed E-state index contributed by atoms with van der Waals surface area (Å²) < 4.78 is 6.02. The van der Waals surface area contributed by atoms with Crippen molar-refractivity contribution in [1.82, 2.24) is 10.2 Å². The molecule has 0 radical (unpaired) electrons. The molecule has 2 aromatic carbocycles. The molecular weight excluding hydrogens is 571 g/mol. The van der Waals surface area contributed by atoms with Crippen molar-refractivity contribution in [3.8, 4) is 5.75 Å². The number of carbonyl (C=O) groups excluding carboxylic acids is 3. The zero-order valence-electron chi connectivity index (χ0n) is 18.7. The largest absolute Gasteiger partial charge is 0.480 e. The number of rotatable bonds is 7. The van der Waals surface area contributed by atoms with Crippen LogP contribution in [0.1, 0.15) is 32.4 Å². The number of carboxylic acids is 1. The molecule has 2 N–H and O–H groups in total. The number of fused-ring (bicyclic) bond motifs is 1. The number of aliphatic carboxylic acids is 1. The van der Waals surface area contributed by atoms with E-state index in [0.29, 0.717) is 11.3 Å². The van der Waals surface area contributed by atoms with Crippen LogP contribution in [-0.2, 0) is 19.2 Å². The van der Waals surface area contributed by atoms with E-state index in [9.17, 15) is 24.3 Å². The van der Waals surface area contributed by atoms with Gasteiger partial charge in [0.2, 0.25) is 11.6 Å². The first-order valence-corrected chi connectivity index (χ1v) is 12.5. The molecule has 10 heteroatoms. The summed E-state index contributed by atoms with van der Waals surface area (Å²) in [7, 11) is 0. The average Bonchev–Trinajstić information content (AvgIpc) is 3.05. The first kappa shape index (κ1) is 24.5. The normalized spacial score (nSPS) is 25.6. The lowest BCUT2D eigenvalue weighted by atomic mass is 9.81. The summed E-state index contributed by atoms with van der Waals surface area (Å²) in [6.45, 7) is 4.65. The monoisotopic (exact) mass is 594 g/mol. The summed E-state index contributed by atoms with van der Waals surface area (Å²) in [6.07, 6.45) is -1.13. The fourth-order valence-corrected chi connectivity index (χ4v) is 6.68. The summed E-state index contributed by atoms with van der Waals surface area (Å²) in [6, 6.07) is 14.9. The number of nitrogens with zero attached hydrogens (tertiary/aromatic N) is 1. The van der Waals surface area contributed by atoms with E-state index in [-0.39, 0.29) is 0 Å². The van der Waals surface area contributed by atoms with Gasteiger partial charge < -0.3 is 20.1 Å². The fraction of sp³-hybridized carbons (Fsp3) is 0.333. The zero-order valence-corrected chi connectivity index (χ0v) is 21.6. The molecule has 2 saturated heterocycles. The minimum atomic E-state index is -1.86. The molecule has 178 valence electrons. The first-order valence-electron chi connectivity index (χ1n) is 10.5. The van der Waals surface area contributed by atoms with Gasteiger partial charge in [-0.25, -0.2) is 4.79 Å². The number of ether oxygens (including phenoxy) is 1. The van der Waals surface area contributed by atoms with Crippen LogP contribution < -0.4 is 10.1 Å². The number of ketones is 1. The summed E-state index contributed by atoms with van der Waals surface area (Å²) >= 11 is 3.29. The van der Waals surface area contributed by atoms with Crippen molar-refractivity contribution in [2.24, 2.45) is 0 Å². The van der Waals surface area contributed by atoms with E-state index in [0.717, 1.165) is 3.57 Å². The van der Waals surface area contributed by atoms with Crippen LogP contribution in [0.3, 0.4) is 0 Å². The Bertz CT molecular complexity index is 1170. The van der Waals surface area contributed by atoms with Crippen molar-refractivity contribution in [2.75, 3.05) is 0 Å². The summed E-state index contributed by atoms with van der Waals surface area (Å²) in [5.41, 5.74) is -1.31. The predicted octanol–water partition coefficient (Wildman–Crippen LogP) is 3.00. The fourth-order valence-electron chi connectivity index (χ4n) is 4.42. The Morgan fingerprint density at radius 1 is 1.12 bits per heavy atom. The van der Waals surface area contributed by atoms with Crippen LogP contribution in [0.25, 0.3) is 0 Å². The Labute approximate surface area is 214 Å². The molecule has 0 aliphatic carbocycles. The van der Waals surface area contributed by atoms with E-state index in [1.807, 2.05) is 12.1 Å². The SMILES string of the molecule is CC(=O)[C@]1(NC(=O)C(Oc2ccccc2I)c2ccccc2)C(=O)N2[C@@H](C(=O)O)C(C)(C)S[C@@H]21. The van der Waals surface area contributed by atoms with Gasteiger partial charge in [-0.05, 0) is 55.5 Å². The third kappa shape index (κ3) is 3.86. The van der Waals surface area contributed by atoms with Crippen molar-refractivity contribution in [3.05, 3.63) is 63.7 Å². The molecule has 0 spiro atoms. The van der Waals surface area contributed by atoms with Gasteiger partial charge in [0.15, 0.2) is 5.78 Å². The zero-order chi connectivity index (χ0) is 24.8. The molecule has 2 aromatic rings. The molecule has 1 unspecified atom stereocenters. The number of halogens is 1. The van der Waals surface area contributed by atoms with Gasteiger partial charge in [0.25, 0.3) is 11.8 Å². The number of carboxylic acid groups (broad SMARTS) is 1. The number of para-hydroxylation sites is 1. The maximum atomic E-state index is 13.6. The standard InChI is InChI=1S/C24H23IN2O6S/c1-13(28)24(21(32)27-18(20(30)31)23(2,3)34-22(24)27)26-19(29)17(14-9-5-4-6-10-14)33-16-12-8-7-11-15(16)25/h4-12,17-18,22H,1-3H3,(H,26,29)(H,30,31)/t17?,18-,22+,24-/m0/s1. The van der Waals surface area contributed by atoms with Crippen LogP contribution in [0.2, 0.25) is 0 Å². The average molecular weight is 594 g/mol. The Kier molecular flexibility index (Phi) is 6.40. The molecule has 0 saturated carbocycles. The molecule has 8 nitrogen and oxygen atoms in total. The molecule has 4 atom stereocenters. The van der Waals surface area contributed by atoms with E-state index in [4.69, 9.17) is 4.74 Å². The van der Waals surface area contributed by atoms with Gasteiger partial charge >= 0.3 is 5.97 Å². The van der Waals surface area contributed by atoms with Gasteiger partial charge in [-0.15, -0.1) is 11.8 Å². The highest BCUT2D eigenvalue weighted by atomic mass is 127. The van der Waals surface area contributed by atoms with Crippen LogP contribution in [0, 0.1) is 3.57 Å². The van der Waals surface area contributed by atoms with Crippen LogP contribution in [0.15, 0.2) is 54.6 Å². The van der Waals surface area contributed by atoms with Crippen molar-refractivity contribution in [3.63, 3.8) is 0 Å². The Morgan fingerprint density at radius 2 is 1.74 bits per heavy atom. The van der Waals surface area contributed by atoms with Crippen LogP contribution >= 0.6 is 34.4 Å². The topological polar surface area (TPSA) is 113 Å². The summed E-state index contributed by atoms with van der Waals surface area (Å²) in [5, 5.41) is 11.5. The second-order valence-corrected chi connectivity index (χ2v) is 11.6. The van der Waals surface area contributed by atoms with Crippen molar-refractivity contribution in [1.29, 1.82) is 0 Å². The van der Waals surface area contributed by atoms with Crippen molar-refractivity contribution in [2.45, 2.75) is 48.6 Å². The number of Topliss-reactive ketones (excluding diaryl/α,β-unsaturated/α-hetero) is 1. The lowest BCUT2D eigenvalue weighted by Crippen LogP contribution is -2.82. The Hall–Kier alpha value is -2.60. The van der Waals surface area contributed by atoms with E-state index >= 15 is 0 Å². The Morgan fingerprint density at radius 3 is 2.32 bits per heavy atom. The van der Waals surface area contributed by atoms with Gasteiger partial charge in [0.1, 0.15) is 17.2 Å². The van der Waals surface area contributed by atoms with E-state index in [2.05, 4.69) is 27.9 Å². The van der Waals surface area contributed by atoms with Crippen molar-refractivity contribution < 1.29 is 29.0 Å². The van der Waals surface area contributed by atoms with Gasteiger partial charge in [0, 0.05) is 10.3 Å². The molecule has 34 heavy (non-hydrogen) atoms. The number of thioether (sulfide) groups is 1. The minimum Gasteiger partial charge on any atom is -0.480 e. The number of hydrogen-bond donors (Lipinski definition) is 2. The number of amides is 2. The minimum absolute atomic E-state index is 0.479. The molecule has 2 amide bonds. The lowest BCUT2D eigenvalue weighted by Gasteiger charge is -2.51. The maximum Gasteiger partial charge on any atom is 0.327 e. The molecule has 0 aromatic heterocycles. The smallest absolute Gasteiger partial charge is 0.327 e. The third-order valence-electron chi connectivity index (χ3n) is 6.08. The number of carbonyl (C=O) groups is 4. The van der Waals surface area contributed by atoms with Gasteiger partial charge in [-0.2, -0.15) is 0 Å². The molecule has 2 heterocycles. The number of nitrogens with one attached hydrogen (secondary N) is 1. The van der Waals surface area contributed by atoms with Gasteiger partial charge in [-0.1, -0.05) is 42.5 Å². The van der Waals surface area contributed by atoms with Crippen LogP contribution in [0.4, 0.5) is 0 Å². The first-order chi connectivity index (χ1) is 16.0. The Balaban J connectivity index is 1.69. The summed E-state index contributed by atoms with van der Waals surface area (Å²) in [5.74, 6) is -2.60. The second kappa shape index (κ2) is 8.88. The predicted molar refractivity (Wildman–Crippen MR) is 134 cm³/mol. The highest BCUT2D eigenvalue weighted by Crippen LogP contribution is 2.55. The quantitative estimate of drug-likeness (QED) is 0.288. The highest BCUT2D eigenvalue weighted by molar-refractivity contribution is 14.1.